The monoisotopic (exact) mass is 459 g/mol. The molecule has 1 atom stereocenters. The highest BCUT2D eigenvalue weighted by molar-refractivity contribution is 5.98. The molecule has 1 aromatic carbocycles. The Labute approximate surface area is 190 Å². The number of piperidine rings is 1. The number of carbonyl (C=O) groups is 3. The third-order valence-corrected chi connectivity index (χ3v) is 6.04. The maximum Gasteiger partial charge on any atom is 0.289 e. The van der Waals surface area contributed by atoms with Gasteiger partial charge in [-0.25, -0.2) is 4.39 Å². The first-order chi connectivity index (χ1) is 15.9. The van der Waals surface area contributed by atoms with Gasteiger partial charge in [-0.15, -0.1) is 0 Å². The highest BCUT2D eigenvalue weighted by Gasteiger charge is 2.54. The number of hydrogen-bond acceptors (Lipinski definition) is 6. The van der Waals surface area contributed by atoms with Gasteiger partial charge in [-0.05, 0) is 36.4 Å². The van der Waals surface area contributed by atoms with Crippen LogP contribution in [-0.2, 0) is 14.3 Å². The van der Waals surface area contributed by atoms with E-state index in [0.29, 0.717) is 39.1 Å². The van der Waals surface area contributed by atoms with Gasteiger partial charge in [-0.3, -0.25) is 19.3 Å². The standard InChI is InChI=1S/C23H26FN3O6/c1-31-14-10-25-20(28)18-15-33-23(27(18)21(29)16-4-6-17(24)7-5-16)8-11-26(12-9-23)22(30)19-3-2-13-32-19/h2-7,13,18H,8-12,14-15H2,1H3,(H,25,28). The van der Waals surface area contributed by atoms with Crippen LogP contribution in [0.25, 0.3) is 0 Å². The average Bonchev–Trinajstić information content (AvgIpc) is 3.48. The number of hydrogen-bond donors (Lipinski definition) is 1. The minimum Gasteiger partial charge on any atom is -0.459 e. The highest BCUT2D eigenvalue weighted by atomic mass is 19.1. The fourth-order valence-electron chi connectivity index (χ4n) is 4.31. The number of halogens is 1. The second kappa shape index (κ2) is 9.72. The Hall–Kier alpha value is -3.24. The molecule has 2 saturated heterocycles. The number of rotatable bonds is 6. The van der Waals surface area contributed by atoms with E-state index in [0.717, 1.165) is 0 Å². The zero-order valence-electron chi connectivity index (χ0n) is 18.3. The van der Waals surface area contributed by atoms with E-state index in [4.69, 9.17) is 13.9 Å². The Morgan fingerprint density at radius 1 is 1.15 bits per heavy atom. The number of likely N-dealkylation sites (tertiary alicyclic amines) is 1. The molecule has 2 aliphatic rings. The normalized spacial score (nSPS) is 19.6. The Bertz CT molecular complexity index is 986. The molecular formula is C23H26FN3O6. The lowest BCUT2D eigenvalue weighted by molar-refractivity contribution is -0.128. The van der Waals surface area contributed by atoms with Gasteiger partial charge in [0.2, 0.25) is 5.91 Å². The summed E-state index contributed by atoms with van der Waals surface area (Å²) in [5.41, 5.74) is -0.792. The van der Waals surface area contributed by atoms with Crippen LogP contribution in [0.1, 0.15) is 33.8 Å². The molecule has 1 N–H and O–H groups in total. The lowest BCUT2D eigenvalue weighted by Gasteiger charge is -2.44. The molecular weight excluding hydrogens is 433 g/mol. The van der Waals surface area contributed by atoms with Crippen LogP contribution in [-0.4, -0.2) is 79.2 Å². The second-order valence-corrected chi connectivity index (χ2v) is 8.01. The molecule has 0 aliphatic carbocycles. The van der Waals surface area contributed by atoms with Crippen molar-refractivity contribution in [1.82, 2.24) is 15.1 Å². The summed E-state index contributed by atoms with van der Waals surface area (Å²) in [6.07, 6.45) is 2.09. The molecule has 3 heterocycles. The summed E-state index contributed by atoms with van der Waals surface area (Å²) in [7, 11) is 1.53. The topological polar surface area (TPSA) is 101 Å². The molecule has 2 aliphatic heterocycles. The van der Waals surface area contributed by atoms with Crippen molar-refractivity contribution in [3.8, 4) is 0 Å². The van der Waals surface area contributed by atoms with Crippen LogP contribution in [0.4, 0.5) is 4.39 Å². The van der Waals surface area contributed by atoms with Crippen molar-refractivity contribution in [2.45, 2.75) is 24.6 Å². The molecule has 2 aromatic rings. The average molecular weight is 459 g/mol. The Morgan fingerprint density at radius 2 is 1.88 bits per heavy atom. The molecule has 1 aromatic heterocycles. The zero-order valence-corrected chi connectivity index (χ0v) is 18.3. The van der Waals surface area contributed by atoms with Crippen LogP contribution in [0, 0.1) is 5.82 Å². The summed E-state index contributed by atoms with van der Waals surface area (Å²) in [4.78, 5) is 42.1. The van der Waals surface area contributed by atoms with Gasteiger partial charge < -0.3 is 24.1 Å². The Morgan fingerprint density at radius 3 is 2.52 bits per heavy atom. The van der Waals surface area contributed by atoms with Crippen molar-refractivity contribution >= 4 is 17.7 Å². The van der Waals surface area contributed by atoms with E-state index in [2.05, 4.69) is 5.32 Å². The number of amides is 3. The van der Waals surface area contributed by atoms with Crippen LogP contribution in [0.5, 0.6) is 0 Å². The van der Waals surface area contributed by atoms with Crippen molar-refractivity contribution in [3.63, 3.8) is 0 Å². The maximum atomic E-state index is 13.5. The molecule has 9 nitrogen and oxygen atoms in total. The molecule has 0 bridgehead atoms. The molecule has 1 spiro atoms. The molecule has 176 valence electrons. The number of nitrogens with one attached hydrogen (secondary N) is 1. The first-order valence-electron chi connectivity index (χ1n) is 10.8. The first-order valence-corrected chi connectivity index (χ1v) is 10.8. The highest BCUT2D eigenvalue weighted by Crippen LogP contribution is 2.38. The van der Waals surface area contributed by atoms with Gasteiger partial charge in [0.1, 0.15) is 17.6 Å². The van der Waals surface area contributed by atoms with E-state index in [-0.39, 0.29) is 29.7 Å². The van der Waals surface area contributed by atoms with Gasteiger partial charge in [0.15, 0.2) is 5.76 Å². The largest absolute Gasteiger partial charge is 0.459 e. The lowest BCUT2D eigenvalue weighted by Crippen LogP contribution is -2.60. The Balaban J connectivity index is 1.55. The fourth-order valence-corrected chi connectivity index (χ4v) is 4.31. The number of methoxy groups -OCH3 is 1. The first kappa shape index (κ1) is 22.9. The van der Waals surface area contributed by atoms with Crippen LogP contribution in [0.15, 0.2) is 47.1 Å². The molecule has 33 heavy (non-hydrogen) atoms. The minimum atomic E-state index is -1.05. The summed E-state index contributed by atoms with van der Waals surface area (Å²) >= 11 is 0. The van der Waals surface area contributed by atoms with E-state index < -0.39 is 23.5 Å². The summed E-state index contributed by atoms with van der Waals surface area (Å²) < 4.78 is 29.7. The summed E-state index contributed by atoms with van der Waals surface area (Å²) in [6.45, 7) is 1.30. The number of furan rings is 1. The molecule has 10 heteroatoms. The van der Waals surface area contributed by atoms with E-state index in [1.807, 2.05) is 0 Å². The number of nitrogens with zero attached hydrogens (tertiary/aromatic N) is 2. The van der Waals surface area contributed by atoms with E-state index in [9.17, 15) is 18.8 Å². The zero-order chi connectivity index (χ0) is 23.4. The van der Waals surface area contributed by atoms with Crippen molar-refractivity contribution in [2.24, 2.45) is 0 Å². The van der Waals surface area contributed by atoms with Crippen molar-refractivity contribution < 1.29 is 32.7 Å². The van der Waals surface area contributed by atoms with E-state index in [1.54, 1.807) is 17.0 Å². The summed E-state index contributed by atoms with van der Waals surface area (Å²) in [6, 6.07) is 7.58. The van der Waals surface area contributed by atoms with Gasteiger partial charge in [-0.2, -0.15) is 0 Å². The van der Waals surface area contributed by atoms with Crippen LogP contribution in [0.3, 0.4) is 0 Å². The van der Waals surface area contributed by atoms with Crippen molar-refractivity contribution in [2.75, 3.05) is 40.0 Å². The van der Waals surface area contributed by atoms with E-state index in [1.165, 1.54) is 42.5 Å². The molecule has 3 amide bonds. The van der Waals surface area contributed by atoms with Crippen molar-refractivity contribution in [3.05, 3.63) is 59.8 Å². The lowest BCUT2D eigenvalue weighted by atomic mass is 9.96. The van der Waals surface area contributed by atoms with Gasteiger partial charge in [-0.1, -0.05) is 0 Å². The molecule has 0 radical (unpaired) electrons. The number of carbonyl (C=O) groups excluding carboxylic acids is 3. The fraction of sp³-hybridized carbons (Fsp3) is 0.435. The Kier molecular flexibility index (Phi) is 6.75. The van der Waals surface area contributed by atoms with Gasteiger partial charge in [0.25, 0.3) is 11.8 Å². The van der Waals surface area contributed by atoms with Gasteiger partial charge in [0.05, 0.1) is 19.5 Å². The molecule has 1 unspecified atom stereocenters. The van der Waals surface area contributed by atoms with Crippen LogP contribution in [0.2, 0.25) is 0 Å². The predicted molar refractivity (Wildman–Crippen MR) is 114 cm³/mol. The third kappa shape index (κ3) is 4.62. The molecule has 0 saturated carbocycles. The van der Waals surface area contributed by atoms with Crippen molar-refractivity contribution in [1.29, 1.82) is 0 Å². The van der Waals surface area contributed by atoms with Crippen LogP contribution >= 0.6 is 0 Å². The smallest absolute Gasteiger partial charge is 0.289 e. The second-order valence-electron chi connectivity index (χ2n) is 8.01. The van der Waals surface area contributed by atoms with E-state index >= 15 is 0 Å². The summed E-state index contributed by atoms with van der Waals surface area (Å²) in [5.74, 6) is -1.23. The third-order valence-electron chi connectivity index (χ3n) is 6.04. The molecule has 2 fully saturated rings. The molecule has 4 rings (SSSR count). The van der Waals surface area contributed by atoms with Gasteiger partial charge in [0, 0.05) is 45.1 Å². The van der Waals surface area contributed by atoms with Gasteiger partial charge >= 0.3 is 0 Å². The van der Waals surface area contributed by atoms with Crippen LogP contribution < -0.4 is 5.32 Å². The number of ether oxygens (including phenoxy) is 2. The number of benzene rings is 1. The summed E-state index contributed by atoms with van der Waals surface area (Å²) in [5, 5.41) is 2.76. The minimum absolute atomic E-state index is 0.0257. The maximum absolute atomic E-state index is 13.5. The SMILES string of the molecule is COCCNC(=O)C1COC2(CCN(C(=O)c3ccco3)CC2)N1C(=O)c1ccc(F)cc1. The predicted octanol–water partition coefficient (Wildman–Crippen LogP) is 1.65. The quantitative estimate of drug-likeness (QED) is 0.660.